The Kier molecular flexibility index (Phi) is 4.46. The van der Waals surface area contributed by atoms with Crippen LogP contribution in [0.25, 0.3) is 6.08 Å². The van der Waals surface area contributed by atoms with E-state index in [9.17, 15) is 4.79 Å². The van der Waals surface area contributed by atoms with Gasteiger partial charge in [-0.05, 0) is 24.3 Å². The molecular weight excluding hydrogens is 352 g/mol. The second-order valence-electron chi connectivity index (χ2n) is 6.88. The molecule has 1 fully saturated rings. The number of ether oxygens (including phenoxy) is 1. The lowest BCUT2D eigenvalue weighted by Crippen LogP contribution is -2.49. The van der Waals surface area contributed by atoms with E-state index in [-0.39, 0.29) is 11.5 Å². The lowest BCUT2D eigenvalue weighted by Gasteiger charge is -2.41. The maximum absolute atomic E-state index is 12.2. The number of halogens is 1. The van der Waals surface area contributed by atoms with Crippen molar-refractivity contribution in [3.05, 3.63) is 47.1 Å². The van der Waals surface area contributed by atoms with Crippen molar-refractivity contribution in [2.75, 3.05) is 25.0 Å². The molecule has 2 aromatic rings. The van der Waals surface area contributed by atoms with Gasteiger partial charge in [-0.25, -0.2) is 0 Å². The summed E-state index contributed by atoms with van der Waals surface area (Å²) in [5.41, 5.74) is 0.731. The van der Waals surface area contributed by atoms with E-state index in [0.29, 0.717) is 17.4 Å². The number of likely N-dealkylation sites (tertiary alicyclic amines) is 1. The lowest BCUT2D eigenvalue weighted by molar-refractivity contribution is -0.118. The molecule has 136 valence electrons. The monoisotopic (exact) mass is 372 g/mol. The summed E-state index contributed by atoms with van der Waals surface area (Å²) in [7, 11) is 1.82. The van der Waals surface area contributed by atoms with Gasteiger partial charge in [-0.1, -0.05) is 17.7 Å². The number of nitrogens with zero attached hydrogens (tertiary/aromatic N) is 3. The summed E-state index contributed by atoms with van der Waals surface area (Å²) in [5.74, 6) is 1.41. The van der Waals surface area contributed by atoms with Gasteiger partial charge in [0.25, 0.3) is 0 Å². The molecule has 3 heterocycles. The fourth-order valence-corrected chi connectivity index (χ4v) is 3.64. The van der Waals surface area contributed by atoms with Crippen molar-refractivity contribution in [2.45, 2.75) is 18.4 Å². The van der Waals surface area contributed by atoms with Gasteiger partial charge in [-0.15, -0.1) is 0 Å². The van der Waals surface area contributed by atoms with Crippen LogP contribution >= 0.6 is 11.6 Å². The number of carbonyl (C=O) groups is 1. The quantitative estimate of drug-likeness (QED) is 0.899. The molecule has 1 aromatic carbocycles. The van der Waals surface area contributed by atoms with Gasteiger partial charge in [0.15, 0.2) is 5.82 Å². The molecule has 0 aliphatic carbocycles. The van der Waals surface area contributed by atoms with Crippen LogP contribution in [0.3, 0.4) is 0 Å². The second-order valence-corrected chi connectivity index (χ2v) is 7.32. The van der Waals surface area contributed by atoms with Crippen LogP contribution in [0.15, 0.2) is 36.5 Å². The van der Waals surface area contributed by atoms with Crippen LogP contribution in [0.1, 0.15) is 18.4 Å². The highest BCUT2D eigenvalue weighted by molar-refractivity contribution is 6.30. The number of anilines is 1. The second kappa shape index (κ2) is 6.78. The van der Waals surface area contributed by atoms with Gasteiger partial charge in [0.2, 0.25) is 5.91 Å². The average molecular weight is 373 g/mol. The maximum Gasteiger partial charge on any atom is 0.239 e. The Morgan fingerprint density at radius 3 is 2.88 bits per heavy atom. The third-order valence-electron chi connectivity index (χ3n) is 4.90. The molecule has 2 aliphatic heterocycles. The number of aromatic nitrogens is 2. The molecule has 0 atom stereocenters. The molecule has 1 aromatic heterocycles. The molecule has 6 nitrogen and oxygen atoms in total. The lowest BCUT2D eigenvalue weighted by atomic mass is 9.88. The van der Waals surface area contributed by atoms with E-state index in [2.05, 4.69) is 27.5 Å². The minimum atomic E-state index is -0.283. The third kappa shape index (κ3) is 3.61. The first-order valence-electron chi connectivity index (χ1n) is 8.71. The highest BCUT2D eigenvalue weighted by Crippen LogP contribution is 2.37. The Bertz CT molecular complexity index is 853. The number of rotatable bonds is 3. The number of amides is 1. The number of fused-ring (bicyclic) bond motifs is 1. The van der Waals surface area contributed by atoms with Crippen LogP contribution < -0.4 is 10.1 Å². The van der Waals surface area contributed by atoms with E-state index in [1.54, 1.807) is 16.9 Å². The summed E-state index contributed by atoms with van der Waals surface area (Å²) in [6, 6.07) is 7.48. The Morgan fingerprint density at radius 2 is 2.15 bits per heavy atom. The van der Waals surface area contributed by atoms with Gasteiger partial charge in [0.1, 0.15) is 11.4 Å². The number of aryl methyl sites for hydroxylation is 1. The summed E-state index contributed by atoms with van der Waals surface area (Å²) in [4.78, 5) is 14.3. The van der Waals surface area contributed by atoms with Crippen LogP contribution in [-0.2, 0) is 11.8 Å². The first kappa shape index (κ1) is 17.1. The van der Waals surface area contributed by atoms with Crippen LogP contribution in [0, 0.1) is 0 Å². The van der Waals surface area contributed by atoms with Crippen molar-refractivity contribution in [1.29, 1.82) is 0 Å². The number of hydrogen-bond acceptors (Lipinski definition) is 4. The van der Waals surface area contributed by atoms with Gasteiger partial charge < -0.3 is 10.1 Å². The average Bonchev–Trinajstić information content (AvgIpc) is 3.02. The summed E-state index contributed by atoms with van der Waals surface area (Å²) >= 11 is 6.04. The summed E-state index contributed by atoms with van der Waals surface area (Å²) in [5, 5.41) is 7.71. The van der Waals surface area contributed by atoms with Crippen molar-refractivity contribution in [3.8, 4) is 5.75 Å². The van der Waals surface area contributed by atoms with Crippen molar-refractivity contribution in [3.63, 3.8) is 0 Å². The van der Waals surface area contributed by atoms with E-state index in [4.69, 9.17) is 16.3 Å². The van der Waals surface area contributed by atoms with Crippen LogP contribution in [0.5, 0.6) is 5.75 Å². The van der Waals surface area contributed by atoms with Crippen LogP contribution in [-0.4, -0.2) is 45.8 Å². The first-order chi connectivity index (χ1) is 12.5. The van der Waals surface area contributed by atoms with Crippen molar-refractivity contribution in [2.24, 2.45) is 7.05 Å². The summed E-state index contributed by atoms with van der Waals surface area (Å²) in [6.45, 7) is 1.98. The van der Waals surface area contributed by atoms with Crippen molar-refractivity contribution >= 4 is 29.4 Å². The normalized spacial score (nSPS) is 18.4. The molecule has 7 heteroatoms. The number of carbonyl (C=O) groups excluding carboxylic acids is 1. The zero-order chi connectivity index (χ0) is 18.1. The summed E-state index contributed by atoms with van der Waals surface area (Å²) < 4.78 is 7.95. The highest BCUT2D eigenvalue weighted by Gasteiger charge is 2.37. The molecule has 0 unspecified atom stereocenters. The Labute approximate surface area is 157 Å². The molecule has 1 amide bonds. The molecule has 1 N–H and O–H groups in total. The van der Waals surface area contributed by atoms with Crippen LogP contribution in [0.4, 0.5) is 5.82 Å². The molecule has 0 radical (unpaired) electrons. The Balaban J connectivity index is 1.33. The Hall–Kier alpha value is -2.31. The molecule has 1 saturated heterocycles. The number of benzene rings is 1. The SMILES string of the molecule is Cn1ccc(NC(=O)CN2CCC3(C=Cc4cc(Cl)ccc4O3)CC2)n1. The molecule has 26 heavy (non-hydrogen) atoms. The smallest absolute Gasteiger partial charge is 0.239 e. The molecule has 2 aliphatic rings. The minimum Gasteiger partial charge on any atom is -0.482 e. The summed E-state index contributed by atoms with van der Waals surface area (Å²) in [6.07, 6.45) is 7.73. The van der Waals surface area contributed by atoms with Crippen molar-refractivity contribution in [1.82, 2.24) is 14.7 Å². The molecule has 4 rings (SSSR count). The van der Waals surface area contributed by atoms with Gasteiger partial charge in [-0.2, -0.15) is 5.10 Å². The van der Waals surface area contributed by atoms with E-state index >= 15 is 0 Å². The zero-order valence-corrected chi connectivity index (χ0v) is 15.4. The fraction of sp³-hybridized carbons (Fsp3) is 0.368. The zero-order valence-electron chi connectivity index (χ0n) is 14.6. The molecular formula is C19H21ClN4O2. The number of hydrogen-bond donors (Lipinski definition) is 1. The highest BCUT2D eigenvalue weighted by atomic mass is 35.5. The predicted octanol–water partition coefficient (Wildman–Crippen LogP) is 2.95. The number of nitrogens with one attached hydrogen (secondary N) is 1. The van der Waals surface area contributed by atoms with Crippen molar-refractivity contribution < 1.29 is 9.53 Å². The maximum atomic E-state index is 12.2. The Morgan fingerprint density at radius 1 is 1.35 bits per heavy atom. The van der Waals surface area contributed by atoms with Gasteiger partial charge in [0, 0.05) is 55.8 Å². The minimum absolute atomic E-state index is 0.0419. The molecule has 1 spiro atoms. The largest absolute Gasteiger partial charge is 0.482 e. The van der Waals surface area contributed by atoms with E-state index in [0.717, 1.165) is 37.2 Å². The molecule has 0 saturated carbocycles. The first-order valence-corrected chi connectivity index (χ1v) is 9.09. The van der Waals surface area contributed by atoms with Gasteiger partial charge >= 0.3 is 0 Å². The van der Waals surface area contributed by atoms with Gasteiger partial charge in [-0.3, -0.25) is 14.4 Å². The van der Waals surface area contributed by atoms with Gasteiger partial charge in [0.05, 0.1) is 6.54 Å². The van der Waals surface area contributed by atoms with E-state index in [1.807, 2.05) is 25.2 Å². The predicted molar refractivity (Wildman–Crippen MR) is 101 cm³/mol. The van der Waals surface area contributed by atoms with E-state index in [1.165, 1.54) is 0 Å². The van der Waals surface area contributed by atoms with E-state index < -0.39 is 0 Å². The number of piperidine rings is 1. The van der Waals surface area contributed by atoms with Crippen LogP contribution in [0.2, 0.25) is 5.02 Å². The fourth-order valence-electron chi connectivity index (χ4n) is 3.46. The topological polar surface area (TPSA) is 59.4 Å². The third-order valence-corrected chi connectivity index (χ3v) is 5.14. The molecule has 0 bridgehead atoms. The standard InChI is InChI=1S/C19H21ClN4O2/c1-23-9-5-17(22-23)21-18(25)13-24-10-7-19(8-11-24)6-4-14-12-15(20)2-3-16(14)26-19/h2-6,9,12H,7-8,10-11,13H2,1H3,(H,21,22,25).